The van der Waals surface area contributed by atoms with Crippen molar-refractivity contribution in [2.75, 3.05) is 14.2 Å². The molecule has 0 N–H and O–H groups in total. The molecule has 0 aliphatic heterocycles. The second-order valence-corrected chi connectivity index (χ2v) is 5.81. The third-order valence-corrected chi connectivity index (χ3v) is 4.47. The van der Waals surface area contributed by atoms with E-state index in [-0.39, 0.29) is 5.38 Å². The van der Waals surface area contributed by atoms with Crippen LogP contribution in [0.15, 0.2) is 40.9 Å². The average Bonchev–Trinajstić information content (AvgIpc) is 2.46. The number of rotatable bonds is 4. The molecule has 0 amide bonds. The van der Waals surface area contributed by atoms with Crippen LogP contribution in [0.5, 0.6) is 11.5 Å². The zero-order valence-electron chi connectivity index (χ0n) is 11.0. The zero-order chi connectivity index (χ0) is 14.7. The fraction of sp³-hybridized carbons (Fsp3) is 0.200. The maximum absolute atomic E-state index is 6.56. The zero-order valence-corrected chi connectivity index (χ0v) is 14.1. The third kappa shape index (κ3) is 3.05. The molecule has 1 atom stereocenters. The number of halogens is 3. The van der Waals surface area contributed by atoms with Crippen molar-refractivity contribution in [2.24, 2.45) is 0 Å². The fourth-order valence-corrected chi connectivity index (χ4v) is 3.25. The molecule has 0 radical (unpaired) electrons. The number of methoxy groups -OCH3 is 2. The van der Waals surface area contributed by atoms with Gasteiger partial charge in [0, 0.05) is 15.6 Å². The highest BCUT2D eigenvalue weighted by Gasteiger charge is 2.19. The number of ether oxygens (including phenoxy) is 2. The van der Waals surface area contributed by atoms with Gasteiger partial charge < -0.3 is 9.47 Å². The molecule has 0 heterocycles. The summed E-state index contributed by atoms with van der Waals surface area (Å²) in [6.45, 7) is 0. The van der Waals surface area contributed by atoms with Gasteiger partial charge in [0.2, 0.25) is 0 Å². The van der Waals surface area contributed by atoms with E-state index in [1.54, 1.807) is 26.4 Å². The number of hydrogen-bond donors (Lipinski definition) is 0. The van der Waals surface area contributed by atoms with Crippen LogP contribution in [0.4, 0.5) is 0 Å². The minimum atomic E-state index is -0.377. The Kier molecular flexibility index (Phi) is 5.19. The smallest absolute Gasteiger partial charge is 0.162 e. The monoisotopic (exact) mass is 374 g/mol. The van der Waals surface area contributed by atoms with Gasteiger partial charge in [-0.25, -0.2) is 0 Å². The summed E-state index contributed by atoms with van der Waals surface area (Å²) in [5, 5.41) is 0.163. The summed E-state index contributed by atoms with van der Waals surface area (Å²) in [5.41, 5.74) is 1.72. The van der Waals surface area contributed by atoms with E-state index in [0.717, 1.165) is 15.6 Å². The Hall–Kier alpha value is -0.900. The minimum absolute atomic E-state index is 0.377. The summed E-state index contributed by atoms with van der Waals surface area (Å²) < 4.78 is 11.4. The van der Waals surface area contributed by atoms with Crippen molar-refractivity contribution >= 4 is 39.1 Å². The summed E-state index contributed by atoms with van der Waals surface area (Å²) in [4.78, 5) is 0. The Morgan fingerprint density at radius 1 is 1.00 bits per heavy atom. The van der Waals surface area contributed by atoms with Crippen molar-refractivity contribution in [3.8, 4) is 11.5 Å². The quantitative estimate of drug-likeness (QED) is 0.661. The maximum atomic E-state index is 6.56. The largest absolute Gasteiger partial charge is 0.493 e. The van der Waals surface area contributed by atoms with Gasteiger partial charge in [0.15, 0.2) is 11.5 Å². The molecule has 2 nitrogen and oxygen atoms in total. The molecule has 0 aliphatic carbocycles. The Morgan fingerprint density at radius 2 is 1.60 bits per heavy atom. The van der Waals surface area contributed by atoms with Crippen molar-refractivity contribution in [3.05, 3.63) is 57.0 Å². The van der Waals surface area contributed by atoms with Gasteiger partial charge in [-0.1, -0.05) is 45.7 Å². The van der Waals surface area contributed by atoms with E-state index in [9.17, 15) is 0 Å². The van der Waals surface area contributed by atoms with Gasteiger partial charge >= 0.3 is 0 Å². The van der Waals surface area contributed by atoms with E-state index in [2.05, 4.69) is 15.9 Å². The Morgan fingerprint density at radius 3 is 2.20 bits per heavy atom. The third-order valence-electron chi connectivity index (χ3n) is 2.95. The molecule has 2 rings (SSSR count). The molecular formula is C15H13BrCl2O2. The Labute approximate surface area is 136 Å². The van der Waals surface area contributed by atoms with Crippen LogP contribution in [0.1, 0.15) is 16.5 Å². The van der Waals surface area contributed by atoms with Crippen LogP contribution in [0, 0.1) is 0 Å². The van der Waals surface area contributed by atoms with Crippen LogP contribution < -0.4 is 9.47 Å². The van der Waals surface area contributed by atoms with Crippen LogP contribution in [-0.4, -0.2) is 14.2 Å². The summed E-state index contributed by atoms with van der Waals surface area (Å²) in [5.74, 6) is 1.18. The summed E-state index contributed by atoms with van der Waals surface area (Å²) in [6, 6.07) is 11.3. The van der Waals surface area contributed by atoms with Crippen molar-refractivity contribution in [1.29, 1.82) is 0 Å². The first-order chi connectivity index (χ1) is 9.58. The molecule has 0 saturated heterocycles. The van der Waals surface area contributed by atoms with Crippen LogP contribution in [0.2, 0.25) is 5.02 Å². The molecule has 0 saturated carbocycles. The summed E-state index contributed by atoms with van der Waals surface area (Å²) in [6.07, 6.45) is 0. The first kappa shape index (κ1) is 15.5. The van der Waals surface area contributed by atoms with Crippen LogP contribution in [-0.2, 0) is 0 Å². The predicted molar refractivity (Wildman–Crippen MR) is 86.4 cm³/mol. The standard InChI is InChI=1S/C15H13BrCl2O2/c1-19-13-7-10(12(17)8-14(13)20-2)15(18)9-5-3-4-6-11(9)16/h3-8,15H,1-2H3. The van der Waals surface area contributed by atoms with Crippen molar-refractivity contribution < 1.29 is 9.47 Å². The predicted octanol–water partition coefficient (Wildman–Crippen LogP) is 5.45. The van der Waals surface area contributed by atoms with Crippen molar-refractivity contribution in [2.45, 2.75) is 5.38 Å². The van der Waals surface area contributed by atoms with E-state index < -0.39 is 0 Å². The summed E-state index contributed by atoms with van der Waals surface area (Å²) >= 11 is 16.4. The van der Waals surface area contributed by atoms with Crippen LogP contribution >= 0.6 is 39.1 Å². The normalized spacial score (nSPS) is 12.1. The molecule has 0 bridgehead atoms. The Bertz CT molecular complexity index is 617. The van der Waals surface area contributed by atoms with Crippen molar-refractivity contribution in [1.82, 2.24) is 0 Å². The van der Waals surface area contributed by atoms with E-state index in [0.29, 0.717) is 16.5 Å². The highest BCUT2D eigenvalue weighted by Crippen LogP contribution is 2.41. The highest BCUT2D eigenvalue weighted by atomic mass is 79.9. The van der Waals surface area contributed by atoms with Crippen LogP contribution in [0.3, 0.4) is 0 Å². The molecule has 2 aromatic carbocycles. The van der Waals surface area contributed by atoms with Crippen LogP contribution in [0.25, 0.3) is 0 Å². The molecule has 20 heavy (non-hydrogen) atoms. The van der Waals surface area contributed by atoms with Crippen molar-refractivity contribution in [3.63, 3.8) is 0 Å². The first-order valence-corrected chi connectivity index (χ1v) is 7.49. The molecule has 0 aliphatic rings. The maximum Gasteiger partial charge on any atom is 0.162 e. The molecule has 5 heteroatoms. The molecule has 106 valence electrons. The Balaban J connectivity index is 2.50. The minimum Gasteiger partial charge on any atom is -0.493 e. The summed E-state index contributed by atoms with van der Waals surface area (Å²) in [7, 11) is 3.15. The lowest BCUT2D eigenvalue weighted by Gasteiger charge is -2.16. The molecule has 2 aromatic rings. The highest BCUT2D eigenvalue weighted by molar-refractivity contribution is 9.10. The topological polar surface area (TPSA) is 18.5 Å². The van der Waals surface area contributed by atoms with Gasteiger partial charge in [-0.2, -0.15) is 0 Å². The molecule has 0 spiro atoms. The second-order valence-electron chi connectivity index (χ2n) is 4.11. The van der Waals surface area contributed by atoms with Gasteiger partial charge in [-0.3, -0.25) is 0 Å². The number of hydrogen-bond acceptors (Lipinski definition) is 2. The van der Waals surface area contributed by atoms with Gasteiger partial charge in [-0.15, -0.1) is 11.6 Å². The van der Waals surface area contributed by atoms with E-state index >= 15 is 0 Å². The molecule has 0 aromatic heterocycles. The van der Waals surface area contributed by atoms with Gasteiger partial charge in [-0.05, 0) is 23.3 Å². The van der Waals surface area contributed by atoms with E-state index in [1.165, 1.54) is 0 Å². The molecule has 1 unspecified atom stereocenters. The number of alkyl halides is 1. The lowest BCUT2D eigenvalue weighted by molar-refractivity contribution is 0.354. The fourth-order valence-electron chi connectivity index (χ4n) is 1.91. The first-order valence-electron chi connectivity index (χ1n) is 5.88. The van der Waals surface area contributed by atoms with Gasteiger partial charge in [0.1, 0.15) is 0 Å². The number of benzene rings is 2. The second kappa shape index (κ2) is 6.70. The van der Waals surface area contributed by atoms with Gasteiger partial charge in [0.05, 0.1) is 19.6 Å². The van der Waals surface area contributed by atoms with Gasteiger partial charge in [0.25, 0.3) is 0 Å². The lowest BCUT2D eigenvalue weighted by Crippen LogP contribution is -1.98. The SMILES string of the molecule is COc1cc(Cl)c(C(Cl)c2ccccc2Br)cc1OC. The molecular weight excluding hydrogens is 363 g/mol. The van der Waals surface area contributed by atoms with E-state index in [1.807, 2.05) is 24.3 Å². The lowest BCUT2D eigenvalue weighted by atomic mass is 10.0. The molecule has 0 fully saturated rings. The van der Waals surface area contributed by atoms with E-state index in [4.69, 9.17) is 32.7 Å². The average molecular weight is 376 g/mol.